The van der Waals surface area contributed by atoms with Crippen molar-refractivity contribution in [2.75, 3.05) is 37.9 Å². The summed E-state index contributed by atoms with van der Waals surface area (Å²) in [6, 6.07) is 12.5. The zero-order valence-corrected chi connectivity index (χ0v) is 17.1. The number of benzene rings is 2. The van der Waals surface area contributed by atoms with Gasteiger partial charge in [-0.15, -0.1) is 0 Å². The molecule has 29 heavy (non-hydrogen) atoms. The summed E-state index contributed by atoms with van der Waals surface area (Å²) in [5, 5.41) is 2.76. The molecule has 2 aliphatic rings. The monoisotopic (exact) mass is 416 g/mol. The van der Waals surface area contributed by atoms with Crippen molar-refractivity contribution in [3.63, 3.8) is 0 Å². The first-order chi connectivity index (χ1) is 13.9. The van der Waals surface area contributed by atoms with E-state index in [0.29, 0.717) is 18.9 Å². The second-order valence-electron chi connectivity index (χ2n) is 7.35. The zero-order valence-electron chi connectivity index (χ0n) is 16.3. The molecule has 1 N–H and O–H groups in total. The molecule has 8 heteroatoms. The van der Waals surface area contributed by atoms with Gasteiger partial charge in [-0.3, -0.25) is 9.69 Å². The van der Waals surface area contributed by atoms with Crippen LogP contribution >= 0.6 is 0 Å². The number of likely N-dealkylation sites (tertiary alicyclic amines) is 1. The third-order valence-corrected chi connectivity index (χ3v) is 6.38. The van der Waals surface area contributed by atoms with Crippen LogP contribution in [0.5, 0.6) is 11.5 Å². The number of rotatable bonds is 5. The number of nitrogens with zero attached hydrogens (tertiary/aromatic N) is 1. The van der Waals surface area contributed by atoms with Gasteiger partial charge in [-0.2, -0.15) is 0 Å². The first kappa shape index (κ1) is 19.7. The molecule has 0 bridgehead atoms. The minimum Gasteiger partial charge on any atom is -0.486 e. The Morgan fingerprint density at radius 2 is 1.90 bits per heavy atom. The Bertz CT molecular complexity index is 1020. The summed E-state index contributed by atoms with van der Waals surface area (Å²) in [5.74, 6) is 1.26. The van der Waals surface area contributed by atoms with Crippen molar-refractivity contribution in [2.45, 2.75) is 23.8 Å². The minimum absolute atomic E-state index is 0.113. The molecule has 1 saturated heterocycles. The lowest BCUT2D eigenvalue weighted by molar-refractivity contribution is -0.117. The largest absolute Gasteiger partial charge is 0.486 e. The number of anilines is 1. The number of hydrogen-bond donors (Lipinski definition) is 1. The standard InChI is InChI=1S/C21H24N2O5S/c1-29(25,26)20-7-3-2-5-16(20)22-21(24)14-23-10-4-6-17(23)15-8-9-18-19(13-15)28-12-11-27-18/h2-3,5,7-9,13,17H,4,6,10-12,14H2,1H3,(H,22,24). The Kier molecular flexibility index (Phi) is 5.47. The maximum atomic E-state index is 12.7. The molecule has 2 aromatic rings. The quantitative estimate of drug-likeness (QED) is 0.807. The molecular weight excluding hydrogens is 392 g/mol. The van der Waals surface area contributed by atoms with Crippen LogP contribution < -0.4 is 14.8 Å². The van der Waals surface area contributed by atoms with Crippen LogP contribution in [0.25, 0.3) is 0 Å². The molecule has 0 aliphatic carbocycles. The molecule has 1 fully saturated rings. The van der Waals surface area contributed by atoms with Gasteiger partial charge in [-0.1, -0.05) is 18.2 Å². The SMILES string of the molecule is CS(=O)(=O)c1ccccc1NC(=O)CN1CCCC1c1ccc2c(c1)OCCO2. The Morgan fingerprint density at radius 1 is 1.14 bits per heavy atom. The van der Waals surface area contributed by atoms with Gasteiger partial charge >= 0.3 is 0 Å². The van der Waals surface area contributed by atoms with Crippen LogP contribution in [0.1, 0.15) is 24.4 Å². The third kappa shape index (κ3) is 4.38. The zero-order chi connectivity index (χ0) is 20.4. The topological polar surface area (TPSA) is 84.9 Å². The maximum Gasteiger partial charge on any atom is 0.238 e. The first-order valence-electron chi connectivity index (χ1n) is 9.64. The lowest BCUT2D eigenvalue weighted by Crippen LogP contribution is -2.33. The molecule has 1 amide bonds. The van der Waals surface area contributed by atoms with Crippen molar-refractivity contribution in [1.29, 1.82) is 0 Å². The van der Waals surface area contributed by atoms with E-state index in [1.165, 1.54) is 6.07 Å². The van der Waals surface area contributed by atoms with Crippen molar-refractivity contribution in [2.24, 2.45) is 0 Å². The summed E-state index contributed by atoms with van der Waals surface area (Å²) < 4.78 is 35.2. The molecule has 0 radical (unpaired) electrons. The fraction of sp³-hybridized carbons (Fsp3) is 0.381. The number of amides is 1. The molecule has 2 aliphatic heterocycles. The van der Waals surface area contributed by atoms with E-state index in [4.69, 9.17) is 9.47 Å². The van der Waals surface area contributed by atoms with Crippen molar-refractivity contribution < 1.29 is 22.7 Å². The van der Waals surface area contributed by atoms with Gasteiger partial charge < -0.3 is 14.8 Å². The summed E-state index contributed by atoms with van der Waals surface area (Å²) in [6.07, 6.45) is 3.08. The number of hydrogen-bond acceptors (Lipinski definition) is 6. The van der Waals surface area contributed by atoms with Crippen LogP contribution in [0.3, 0.4) is 0 Å². The number of carbonyl (C=O) groups is 1. The van der Waals surface area contributed by atoms with Crippen molar-refractivity contribution >= 4 is 21.4 Å². The number of fused-ring (bicyclic) bond motifs is 1. The van der Waals surface area contributed by atoms with Crippen LogP contribution in [-0.4, -0.2) is 51.8 Å². The summed E-state index contributed by atoms with van der Waals surface area (Å²) in [5.41, 5.74) is 1.41. The van der Waals surface area contributed by atoms with Gasteiger partial charge in [0, 0.05) is 12.3 Å². The van der Waals surface area contributed by atoms with Crippen LogP contribution in [0.4, 0.5) is 5.69 Å². The van der Waals surface area contributed by atoms with E-state index in [-0.39, 0.29) is 23.4 Å². The average molecular weight is 416 g/mol. The molecule has 2 aromatic carbocycles. The van der Waals surface area contributed by atoms with Crippen molar-refractivity contribution in [3.05, 3.63) is 48.0 Å². The van der Waals surface area contributed by atoms with Crippen LogP contribution in [-0.2, 0) is 14.6 Å². The number of ether oxygens (including phenoxy) is 2. The van der Waals surface area contributed by atoms with E-state index in [1.54, 1.807) is 18.2 Å². The molecular formula is C21H24N2O5S. The highest BCUT2D eigenvalue weighted by molar-refractivity contribution is 7.90. The van der Waals surface area contributed by atoms with Gasteiger partial charge in [-0.05, 0) is 49.2 Å². The maximum absolute atomic E-state index is 12.7. The second-order valence-corrected chi connectivity index (χ2v) is 9.33. The predicted octanol–water partition coefficient (Wildman–Crippen LogP) is 2.64. The highest BCUT2D eigenvalue weighted by Crippen LogP contribution is 2.38. The number of sulfone groups is 1. The lowest BCUT2D eigenvalue weighted by Gasteiger charge is -2.26. The molecule has 154 valence electrons. The van der Waals surface area contributed by atoms with E-state index in [2.05, 4.69) is 10.2 Å². The molecule has 0 spiro atoms. The van der Waals surface area contributed by atoms with E-state index in [1.807, 2.05) is 18.2 Å². The Labute approximate surface area is 170 Å². The average Bonchev–Trinajstić information content (AvgIpc) is 3.15. The molecule has 2 heterocycles. The van der Waals surface area contributed by atoms with Gasteiger partial charge in [0.2, 0.25) is 5.91 Å². The first-order valence-corrected chi connectivity index (χ1v) is 11.5. The highest BCUT2D eigenvalue weighted by atomic mass is 32.2. The Morgan fingerprint density at radius 3 is 2.69 bits per heavy atom. The molecule has 0 saturated carbocycles. The van der Waals surface area contributed by atoms with E-state index >= 15 is 0 Å². The Hall–Kier alpha value is -2.58. The Balaban J connectivity index is 1.47. The minimum atomic E-state index is -3.42. The molecule has 0 aromatic heterocycles. The number of carbonyl (C=O) groups excluding carboxylic acids is 1. The van der Waals surface area contributed by atoms with E-state index < -0.39 is 9.84 Å². The third-order valence-electron chi connectivity index (χ3n) is 5.22. The lowest BCUT2D eigenvalue weighted by atomic mass is 10.0. The number of para-hydroxylation sites is 1. The highest BCUT2D eigenvalue weighted by Gasteiger charge is 2.29. The van der Waals surface area contributed by atoms with Crippen molar-refractivity contribution in [1.82, 2.24) is 4.90 Å². The van der Waals surface area contributed by atoms with E-state index in [0.717, 1.165) is 42.7 Å². The van der Waals surface area contributed by atoms with Gasteiger partial charge in [0.05, 0.1) is 17.1 Å². The number of nitrogens with one attached hydrogen (secondary N) is 1. The molecule has 4 rings (SSSR count). The normalized spacial score (nSPS) is 19.1. The van der Waals surface area contributed by atoms with Crippen LogP contribution in [0, 0.1) is 0 Å². The molecule has 1 unspecified atom stereocenters. The van der Waals surface area contributed by atoms with Gasteiger partial charge in [0.25, 0.3) is 0 Å². The summed E-state index contributed by atoms with van der Waals surface area (Å²) >= 11 is 0. The van der Waals surface area contributed by atoms with Gasteiger partial charge in [-0.25, -0.2) is 8.42 Å². The fourth-order valence-electron chi connectivity index (χ4n) is 3.93. The van der Waals surface area contributed by atoms with Crippen LogP contribution in [0.15, 0.2) is 47.4 Å². The smallest absolute Gasteiger partial charge is 0.238 e. The fourth-order valence-corrected chi connectivity index (χ4v) is 4.77. The summed E-state index contributed by atoms with van der Waals surface area (Å²) in [4.78, 5) is 14.9. The summed E-state index contributed by atoms with van der Waals surface area (Å²) in [6.45, 7) is 2.08. The second kappa shape index (κ2) is 8.04. The van der Waals surface area contributed by atoms with Gasteiger partial charge in [0.15, 0.2) is 21.3 Å². The van der Waals surface area contributed by atoms with E-state index in [9.17, 15) is 13.2 Å². The van der Waals surface area contributed by atoms with Crippen molar-refractivity contribution in [3.8, 4) is 11.5 Å². The van der Waals surface area contributed by atoms with Crippen LogP contribution in [0.2, 0.25) is 0 Å². The van der Waals surface area contributed by atoms with Gasteiger partial charge in [0.1, 0.15) is 13.2 Å². The predicted molar refractivity (Wildman–Crippen MR) is 109 cm³/mol. The molecule has 1 atom stereocenters. The molecule has 7 nitrogen and oxygen atoms in total. The summed E-state index contributed by atoms with van der Waals surface area (Å²) in [7, 11) is -3.42.